The first-order valence-corrected chi connectivity index (χ1v) is 11.8. The normalized spacial score (nSPS) is 17.6. The zero-order valence-electron chi connectivity index (χ0n) is 18.7. The lowest BCUT2D eigenvalue weighted by molar-refractivity contribution is 0.198. The third-order valence-corrected chi connectivity index (χ3v) is 6.26. The number of aliphatic imine (C=N–C) groups is 1. The average molecular weight is 477 g/mol. The second kappa shape index (κ2) is 9.20. The van der Waals surface area contributed by atoms with Crippen LogP contribution in [0.1, 0.15) is 17.2 Å². The molecule has 0 bridgehead atoms. The Morgan fingerprint density at radius 3 is 2.51 bits per heavy atom. The summed E-state index contributed by atoms with van der Waals surface area (Å²) in [5.74, 6) is 0.708. The van der Waals surface area contributed by atoms with Crippen LogP contribution in [-0.2, 0) is 0 Å². The number of para-hydroxylation sites is 3. The number of ether oxygens (including phenoxy) is 1. The predicted octanol–water partition coefficient (Wildman–Crippen LogP) is 8.23. The number of hydrogen-bond donors (Lipinski definition) is 1. The standard InChI is InChI=1S/C29H21ClN4O/c30-20-11-8-12-21(17-20)33-34-28-27(23-18-31-24-14-5-4-13-22(23)24)32-25-15-6-7-16-26(25)35-29(28)19-9-2-1-3-10-19/h1-18,28-29,31H. The molecular formula is C29H21ClN4O. The fraction of sp³-hybridized carbons (Fsp3) is 0.0690. The zero-order chi connectivity index (χ0) is 23.6. The number of hydrogen-bond acceptors (Lipinski definition) is 4. The molecule has 1 aliphatic rings. The Labute approximate surface area is 207 Å². The maximum absolute atomic E-state index is 6.60. The molecule has 5 aromatic rings. The summed E-state index contributed by atoms with van der Waals surface area (Å²) in [5.41, 5.74) is 5.21. The highest BCUT2D eigenvalue weighted by Crippen LogP contribution is 2.40. The first kappa shape index (κ1) is 21.3. The Hall–Kier alpha value is -4.22. The molecule has 6 rings (SSSR count). The molecule has 1 aromatic heterocycles. The summed E-state index contributed by atoms with van der Waals surface area (Å²) in [6, 6.07) is 32.9. The third-order valence-electron chi connectivity index (χ3n) is 6.03. The molecule has 0 saturated carbocycles. The van der Waals surface area contributed by atoms with Gasteiger partial charge in [0.1, 0.15) is 11.4 Å². The van der Waals surface area contributed by atoms with Gasteiger partial charge in [-0.1, -0.05) is 78.3 Å². The fourth-order valence-electron chi connectivity index (χ4n) is 4.37. The summed E-state index contributed by atoms with van der Waals surface area (Å²) in [5, 5.41) is 11.1. The molecule has 0 aliphatic carbocycles. The van der Waals surface area contributed by atoms with E-state index in [-0.39, 0.29) is 0 Å². The number of azo groups is 1. The highest BCUT2D eigenvalue weighted by Gasteiger charge is 2.35. The zero-order valence-corrected chi connectivity index (χ0v) is 19.4. The Morgan fingerprint density at radius 1 is 0.829 bits per heavy atom. The molecule has 170 valence electrons. The van der Waals surface area contributed by atoms with Crippen molar-refractivity contribution < 1.29 is 4.74 Å². The molecule has 0 fully saturated rings. The van der Waals surface area contributed by atoms with Crippen molar-refractivity contribution in [3.8, 4) is 5.75 Å². The van der Waals surface area contributed by atoms with Crippen molar-refractivity contribution >= 4 is 39.6 Å². The maximum atomic E-state index is 6.60. The van der Waals surface area contributed by atoms with Crippen LogP contribution in [0.25, 0.3) is 10.9 Å². The van der Waals surface area contributed by atoms with Crippen molar-refractivity contribution in [1.82, 2.24) is 4.98 Å². The molecule has 0 saturated heterocycles. The van der Waals surface area contributed by atoms with Crippen LogP contribution in [-0.4, -0.2) is 16.7 Å². The summed E-state index contributed by atoms with van der Waals surface area (Å²) in [4.78, 5) is 8.49. The minimum Gasteiger partial charge on any atom is -0.481 e. The molecule has 2 atom stereocenters. The Bertz CT molecular complexity index is 1560. The quantitative estimate of drug-likeness (QED) is 0.261. The molecule has 0 amide bonds. The Morgan fingerprint density at radius 2 is 1.63 bits per heavy atom. The van der Waals surface area contributed by atoms with Crippen LogP contribution >= 0.6 is 11.6 Å². The molecule has 5 nitrogen and oxygen atoms in total. The van der Waals surface area contributed by atoms with Gasteiger partial charge in [0.05, 0.1) is 11.4 Å². The van der Waals surface area contributed by atoms with Crippen LogP contribution < -0.4 is 4.74 Å². The van der Waals surface area contributed by atoms with E-state index in [1.54, 1.807) is 6.07 Å². The molecule has 2 unspecified atom stereocenters. The van der Waals surface area contributed by atoms with Crippen LogP contribution in [0.15, 0.2) is 125 Å². The minimum atomic E-state index is -0.511. The fourth-order valence-corrected chi connectivity index (χ4v) is 4.55. The lowest BCUT2D eigenvalue weighted by atomic mass is 9.94. The number of rotatable bonds is 4. The SMILES string of the molecule is Clc1cccc(N=NC2C(c3c[nH]c4ccccc34)=Nc3ccccc3OC2c2ccccc2)c1. The van der Waals surface area contributed by atoms with Gasteiger partial charge in [-0.15, -0.1) is 0 Å². The van der Waals surface area contributed by atoms with E-state index in [2.05, 4.69) is 22.2 Å². The number of nitrogens with zero attached hydrogens (tertiary/aromatic N) is 3. The Kier molecular flexibility index (Phi) is 5.60. The first-order chi connectivity index (χ1) is 17.3. The molecule has 6 heteroatoms. The third kappa shape index (κ3) is 4.22. The van der Waals surface area contributed by atoms with Gasteiger partial charge in [0, 0.05) is 27.7 Å². The second-order valence-electron chi connectivity index (χ2n) is 8.30. The average Bonchev–Trinajstić information content (AvgIpc) is 3.25. The number of benzene rings is 4. The molecular weight excluding hydrogens is 456 g/mol. The number of nitrogens with one attached hydrogen (secondary N) is 1. The molecule has 1 aliphatic heterocycles. The highest BCUT2D eigenvalue weighted by molar-refractivity contribution is 6.30. The number of H-pyrrole nitrogens is 1. The van der Waals surface area contributed by atoms with Gasteiger partial charge >= 0.3 is 0 Å². The van der Waals surface area contributed by atoms with Crippen LogP contribution in [0.2, 0.25) is 5.02 Å². The Balaban J connectivity index is 1.57. The van der Waals surface area contributed by atoms with Gasteiger partial charge in [-0.2, -0.15) is 10.2 Å². The van der Waals surface area contributed by atoms with E-state index in [1.807, 2.05) is 91.1 Å². The molecule has 0 radical (unpaired) electrons. The van der Waals surface area contributed by atoms with Crippen molar-refractivity contribution in [3.63, 3.8) is 0 Å². The predicted molar refractivity (Wildman–Crippen MR) is 141 cm³/mol. The molecule has 1 N–H and O–H groups in total. The molecule has 2 heterocycles. The second-order valence-corrected chi connectivity index (χ2v) is 8.74. The number of fused-ring (bicyclic) bond motifs is 2. The van der Waals surface area contributed by atoms with Crippen molar-refractivity contribution in [3.05, 3.63) is 125 Å². The lowest BCUT2D eigenvalue weighted by Gasteiger charge is -2.24. The monoisotopic (exact) mass is 476 g/mol. The van der Waals surface area contributed by atoms with Gasteiger partial charge in [0.25, 0.3) is 0 Å². The van der Waals surface area contributed by atoms with Crippen molar-refractivity contribution in [2.45, 2.75) is 12.1 Å². The molecule has 4 aromatic carbocycles. The summed E-state index contributed by atoms with van der Waals surface area (Å²) in [6.07, 6.45) is 1.55. The first-order valence-electron chi connectivity index (χ1n) is 11.4. The highest BCUT2D eigenvalue weighted by atomic mass is 35.5. The molecule has 35 heavy (non-hydrogen) atoms. The van der Waals surface area contributed by atoms with E-state index in [0.717, 1.165) is 33.4 Å². The molecule has 0 spiro atoms. The van der Waals surface area contributed by atoms with E-state index in [9.17, 15) is 0 Å². The summed E-state index contributed by atoms with van der Waals surface area (Å²) in [7, 11) is 0. The van der Waals surface area contributed by atoms with Gasteiger partial charge < -0.3 is 9.72 Å². The van der Waals surface area contributed by atoms with Crippen molar-refractivity contribution in [1.29, 1.82) is 0 Å². The van der Waals surface area contributed by atoms with E-state index in [1.165, 1.54) is 0 Å². The van der Waals surface area contributed by atoms with Gasteiger partial charge in [0.2, 0.25) is 0 Å². The maximum Gasteiger partial charge on any atom is 0.155 e. The minimum absolute atomic E-state index is 0.435. The van der Waals surface area contributed by atoms with E-state index in [0.29, 0.717) is 16.5 Å². The summed E-state index contributed by atoms with van der Waals surface area (Å²) < 4.78 is 6.60. The summed E-state index contributed by atoms with van der Waals surface area (Å²) >= 11 is 6.20. The summed E-state index contributed by atoms with van der Waals surface area (Å²) in [6.45, 7) is 0. The lowest BCUT2D eigenvalue weighted by Crippen LogP contribution is -2.29. The van der Waals surface area contributed by atoms with Gasteiger partial charge in [-0.05, 0) is 42.0 Å². The van der Waals surface area contributed by atoms with Crippen LogP contribution in [0.4, 0.5) is 11.4 Å². The number of halogens is 1. The van der Waals surface area contributed by atoms with Crippen LogP contribution in [0, 0.1) is 0 Å². The largest absolute Gasteiger partial charge is 0.481 e. The topological polar surface area (TPSA) is 62.1 Å². The number of aromatic amines is 1. The van der Waals surface area contributed by atoms with E-state index >= 15 is 0 Å². The van der Waals surface area contributed by atoms with Crippen molar-refractivity contribution in [2.75, 3.05) is 0 Å². The van der Waals surface area contributed by atoms with Crippen LogP contribution in [0.5, 0.6) is 5.75 Å². The van der Waals surface area contributed by atoms with Gasteiger partial charge in [-0.25, -0.2) is 4.99 Å². The van der Waals surface area contributed by atoms with E-state index in [4.69, 9.17) is 26.4 Å². The number of aromatic nitrogens is 1. The smallest absolute Gasteiger partial charge is 0.155 e. The van der Waals surface area contributed by atoms with Gasteiger partial charge in [0.15, 0.2) is 12.1 Å². The van der Waals surface area contributed by atoms with Crippen LogP contribution in [0.3, 0.4) is 0 Å². The van der Waals surface area contributed by atoms with E-state index < -0.39 is 12.1 Å². The van der Waals surface area contributed by atoms with Gasteiger partial charge in [-0.3, -0.25) is 0 Å². The van der Waals surface area contributed by atoms with Crippen molar-refractivity contribution in [2.24, 2.45) is 15.2 Å².